The first-order chi connectivity index (χ1) is 10.1. The predicted octanol–water partition coefficient (Wildman–Crippen LogP) is 3.18. The summed E-state index contributed by atoms with van der Waals surface area (Å²) in [4.78, 5) is 30.4. The van der Waals surface area contributed by atoms with Crippen LogP contribution in [0, 0.1) is 0 Å². The van der Waals surface area contributed by atoms with Gasteiger partial charge in [-0.1, -0.05) is 23.7 Å². The first-order valence-corrected chi connectivity index (χ1v) is 7.06. The van der Waals surface area contributed by atoms with Gasteiger partial charge >= 0.3 is 6.09 Å². The van der Waals surface area contributed by atoms with Crippen molar-refractivity contribution in [1.82, 2.24) is 9.96 Å². The summed E-state index contributed by atoms with van der Waals surface area (Å²) in [6, 6.07) is 5.48. The molecule has 6 nitrogen and oxygen atoms in total. The van der Waals surface area contributed by atoms with E-state index in [2.05, 4.69) is 0 Å². The zero-order valence-corrected chi connectivity index (χ0v) is 14.1. The maximum atomic E-state index is 12.6. The Balaban J connectivity index is 3.41. The highest BCUT2D eigenvalue weighted by atomic mass is 35.5. The highest BCUT2D eigenvalue weighted by molar-refractivity contribution is 6.30. The minimum atomic E-state index is -1.19. The lowest BCUT2D eigenvalue weighted by atomic mass is 9.97. The largest absolute Gasteiger partial charge is 0.465 e. The van der Waals surface area contributed by atoms with Crippen molar-refractivity contribution in [1.29, 1.82) is 0 Å². The van der Waals surface area contributed by atoms with E-state index < -0.39 is 23.6 Å². The van der Waals surface area contributed by atoms with E-state index in [4.69, 9.17) is 16.4 Å². The standard InChI is InChI=1S/C15H21ClN2O4/c1-15(2,3)18(14(20)21)12(13(19)17(4)22-5)10-6-8-11(16)9-7-10/h6-9,12H,1-5H3,(H,20,21)/t12-/m1/s1. The molecule has 122 valence electrons. The maximum Gasteiger partial charge on any atom is 0.408 e. The first kappa shape index (κ1) is 18.3. The Morgan fingerprint density at radius 2 is 1.73 bits per heavy atom. The summed E-state index contributed by atoms with van der Waals surface area (Å²) in [5.74, 6) is -0.484. The number of carbonyl (C=O) groups excluding carboxylic acids is 1. The van der Waals surface area contributed by atoms with Crippen LogP contribution in [0.15, 0.2) is 24.3 Å². The average molecular weight is 329 g/mol. The number of carboxylic acid groups (broad SMARTS) is 1. The van der Waals surface area contributed by atoms with E-state index in [1.54, 1.807) is 45.0 Å². The number of benzene rings is 1. The zero-order chi connectivity index (χ0) is 17.1. The molecular weight excluding hydrogens is 308 g/mol. The van der Waals surface area contributed by atoms with Crippen LogP contribution in [-0.4, -0.2) is 46.8 Å². The van der Waals surface area contributed by atoms with Crippen LogP contribution in [0.3, 0.4) is 0 Å². The summed E-state index contributed by atoms with van der Waals surface area (Å²) in [5.41, 5.74) is -0.254. The molecule has 1 aromatic rings. The van der Waals surface area contributed by atoms with E-state index in [0.29, 0.717) is 10.6 Å². The van der Waals surface area contributed by atoms with Crippen LogP contribution >= 0.6 is 11.6 Å². The second kappa shape index (κ2) is 6.98. The molecule has 0 aliphatic heterocycles. The second-order valence-electron chi connectivity index (χ2n) is 5.80. The van der Waals surface area contributed by atoms with Gasteiger partial charge in [0.2, 0.25) is 0 Å². The van der Waals surface area contributed by atoms with Gasteiger partial charge in [-0.3, -0.25) is 14.5 Å². The molecule has 1 rings (SSSR count). The zero-order valence-electron chi connectivity index (χ0n) is 13.3. The molecule has 2 amide bonds. The molecule has 0 saturated heterocycles. The SMILES string of the molecule is CON(C)C(=O)[C@@H](c1ccc(Cl)cc1)N(C(=O)O)C(C)(C)C. The molecule has 0 heterocycles. The molecule has 0 spiro atoms. The Kier molecular flexibility index (Phi) is 5.79. The fourth-order valence-corrected chi connectivity index (χ4v) is 2.22. The average Bonchev–Trinajstić information content (AvgIpc) is 2.42. The number of halogens is 1. The fourth-order valence-electron chi connectivity index (χ4n) is 2.09. The van der Waals surface area contributed by atoms with Crippen LogP contribution in [0.5, 0.6) is 0 Å². The smallest absolute Gasteiger partial charge is 0.408 e. The molecule has 0 aliphatic rings. The van der Waals surface area contributed by atoms with Gasteiger partial charge in [-0.2, -0.15) is 0 Å². The molecule has 0 aromatic heterocycles. The monoisotopic (exact) mass is 328 g/mol. The number of hydrogen-bond acceptors (Lipinski definition) is 3. The van der Waals surface area contributed by atoms with Crippen molar-refractivity contribution in [3.63, 3.8) is 0 Å². The summed E-state index contributed by atoms with van der Waals surface area (Å²) in [6.07, 6.45) is -1.19. The molecule has 0 fully saturated rings. The highest BCUT2D eigenvalue weighted by Gasteiger charge is 2.40. The number of hydrogen-bond donors (Lipinski definition) is 1. The summed E-state index contributed by atoms with van der Waals surface area (Å²) < 4.78 is 0. The molecule has 0 aliphatic carbocycles. The van der Waals surface area contributed by atoms with Gasteiger partial charge in [0.15, 0.2) is 0 Å². The van der Waals surface area contributed by atoms with Crippen molar-refractivity contribution < 1.29 is 19.5 Å². The van der Waals surface area contributed by atoms with Crippen LogP contribution < -0.4 is 0 Å². The minimum absolute atomic E-state index is 0.484. The molecule has 0 unspecified atom stereocenters. The van der Waals surface area contributed by atoms with E-state index in [1.807, 2.05) is 0 Å². The van der Waals surface area contributed by atoms with E-state index >= 15 is 0 Å². The van der Waals surface area contributed by atoms with Gasteiger partial charge < -0.3 is 5.11 Å². The first-order valence-electron chi connectivity index (χ1n) is 6.69. The Morgan fingerprint density at radius 3 is 2.09 bits per heavy atom. The van der Waals surface area contributed by atoms with Gasteiger partial charge in [0, 0.05) is 17.6 Å². The highest BCUT2D eigenvalue weighted by Crippen LogP contribution is 2.30. The van der Waals surface area contributed by atoms with Gasteiger partial charge in [0.1, 0.15) is 6.04 Å². The predicted molar refractivity (Wildman–Crippen MR) is 83.6 cm³/mol. The Bertz CT molecular complexity index is 539. The van der Waals surface area contributed by atoms with Crippen molar-refractivity contribution in [2.75, 3.05) is 14.2 Å². The molecule has 1 atom stereocenters. The third kappa shape index (κ3) is 4.11. The molecule has 7 heteroatoms. The number of likely N-dealkylation sites (N-methyl/N-ethyl adjacent to an activating group) is 1. The number of rotatable bonds is 4. The van der Waals surface area contributed by atoms with Gasteiger partial charge in [-0.15, -0.1) is 0 Å². The normalized spacial score (nSPS) is 12.6. The minimum Gasteiger partial charge on any atom is -0.465 e. The fraction of sp³-hybridized carbons (Fsp3) is 0.467. The van der Waals surface area contributed by atoms with Crippen molar-refractivity contribution in [2.24, 2.45) is 0 Å². The number of hydroxylamine groups is 2. The number of nitrogens with zero attached hydrogens (tertiary/aromatic N) is 2. The van der Waals surface area contributed by atoms with Gasteiger partial charge in [0.25, 0.3) is 5.91 Å². The van der Waals surface area contributed by atoms with E-state index in [-0.39, 0.29) is 0 Å². The van der Waals surface area contributed by atoms with Crippen molar-refractivity contribution >= 4 is 23.6 Å². The van der Waals surface area contributed by atoms with E-state index in [9.17, 15) is 14.7 Å². The van der Waals surface area contributed by atoms with Crippen molar-refractivity contribution in [2.45, 2.75) is 32.4 Å². The van der Waals surface area contributed by atoms with Crippen molar-refractivity contribution in [3.8, 4) is 0 Å². The maximum absolute atomic E-state index is 12.6. The lowest BCUT2D eigenvalue weighted by Crippen LogP contribution is -2.52. The van der Waals surface area contributed by atoms with Gasteiger partial charge in [-0.05, 0) is 38.5 Å². The molecular formula is C15H21ClN2O4. The van der Waals surface area contributed by atoms with Crippen molar-refractivity contribution in [3.05, 3.63) is 34.9 Å². The summed E-state index contributed by atoms with van der Waals surface area (Å²) in [6.45, 7) is 5.18. The summed E-state index contributed by atoms with van der Waals surface area (Å²) >= 11 is 5.87. The van der Waals surface area contributed by atoms with E-state index in [1.165, 1.54) is 14.2 Å². The quantitative estimate of drug-likeness (QED) is 0.862. The molecule has 0 radical (unpaired) electrons. The third-order valence-corrected chi connectivity index (χ3v) is 3.44. The summed E-state index contributed by atoms with van der Waals surface area (Å²) in [5, 5.41) is 11.1. The Hall–Kier alpha value is -1.79. The van der Waals surface area contributed by atoms with Crippen LogP contribution in [-0.2, 0) is 9.63 Å². The van der Waals surface area contributed by atoms with Gasteiger partial charge in [-0.25, -0.2) is 9.86 Å². The molecule has 1 N–H and O–H groups in total. The lowest BCUT2D eigenvalue weighted by Gasteiger charge is -2.39. The van der Waals surface area contributed by atoms with Crippen LogP contribution in [0.1, 0.15) is 32.4 Å². The van der Waals surface area contributed by atoms with Gasteiger partial charge in [0.05, 0.1) is 7.11 Å². The lowest BCUT2D eigenvalue weighted by molar-refractivity contribution is -0.176. The number of carbonyl (C=O) groups is 2. The third-order valence-electron chi connectivity index (χ3n) is 3.19. The van der Waals surface area contributed by atoms with Crippen LogP contribution in [0.2, 0.25) is 5.02 Å². The number of amides is 2. The van der Waals surface area contributed by atoms with E-state index in [0.717, 1.165) is 9.96 Å². The second-order valence-corrected chi connectivity index (χ2v) is 6.23. The van der Waals surface area contributed by atoms with Crippen LogP contribution in [0.25, 0.3) is 0 Å². The molecule has 0 bridgehead atoms. The molecule has 1 aromatic carbocycles. The Morgan fingerprint density at radius 1 is 1.23 bits per heavy atom. The summed E-state index contributed by atoms with van der Waals surface area (Å²) in [7, 11) is 2.78. The topological polar surface area (TPSA) is 70.1 Å². The molecule has 22 heavy (non-hydrogen) atoms. The van der Waals surface area contributed by atoms with Crippen LogP contribution in [0.4, 0.5) is 4.79 Å². The Labute approximate surface area is 135 Å². The molecule has 0 saturated carbocycles.